The van der Waals surface area contributed by atoms with Crippen LogP contribution in [0.1, 0.15) is 20.7 Å². The number of ether oxygens (including phenoxy) is 2. The van der Waals surface area contributed by atoms with Crippen molar-refractivity contribution in [3.05, 3.63) is 82.6 Å². The number of hydrogen-bond acceptors (Lipinski definition) is 5. The molecule has 0 N–H and O–H groups in total. The van der Waals surface area contributed by atoms with Crippen LogP contribution in [0.4, 0.5) is 0 Å². The van der Waals surface area contributed by atoms with E-state index in [2.05, 4.69) is 0 Å². The molecule has 0 aliphatic heterocycles. The molecule has 25 heavy (non-hydrogen) atoms. The molecule has 0 fully saturated rings. The molecule has 2 aromatic rings. The van der Waals surface area contributed by atoms with Gasteiger partial charge in [-0.25, -0.2) is 0 Å². The first-order valence-corrected chi connectivity index (χ1v) is 8.43. The molecule has 0 spiro atoms. The van der Waals surface area contributed by atoms with Gasteiger partial charge in [0.1, 0.15) is 11.5 Å². The zero-order chi connectivity index (χ0) is 18.1. The largest absolute Gasteiger partial charge is 0.497 e. The van der Waals surface area contributed by atoms with Crippen molar-refractivity contribution in [2.45, 2.75) is 0 Å². The normalized spacial score (nSPS) is 11.0. The molecule has 4 nitrogen and oxygen atoms in total. The summed E-state index contributed by atoms with van der Waals surface area (Å²) in [6.45, 7) is 0. The number of benzene rings is 2. The summed E-state index contributed by atoms with van der Waals surface area (Å²) in [4.78, 5) is 24.0. The topological polar surface area (TPSA) is 52.6 Å². The number of ketones is 2. The summed E-state index contributed by atoms with van der Waals surface area (Å²) in [5, 5.41) is 3.29. The Balaban J connectivity index is 1.85. The average molecular weight is 354 g/mol. The van der Waals surface area contributed by atoms with E-state index in [0.29, 0.717) is 22.6 Å². The van der Waals surface area contributed by atoms with Crippen LogP contribution in [0, 0.1) is 0 Å². The summed E-state index contributed by atoms with van der Waals surface area (Å²) in [5.74, 6) is 1.19. The van der Waals surface area contributed by atoms with Gasteiger partial charge in [0.25, 0.3) is 0 Å². The Labute approximate surface area is 151 Å². The Morgan fingerprint density at radius 2 is 1.08 bits per heavy atom. The van der Waals surface area contributed by atoms with Gasteiger partial charge in [0.2, 0.25) is 0 Å². The highest BCUT2D eigenvalue weighted by Gasteiger charge is 2.02. The van der Waals surface area contributed by atoms with E-state index >= 15 is 0 Å². The van der Waals surface area contributed by atoms with Crippen molar-refractivity contribution >= 4 is 23.3 Å². The van der Waals surface area contributed by atoms with E-state index in [4.69, 9.17) is 9.47 Å². The molecule has 0 aromatic heterocycles. The lowest BCUT2D eigenvalue weighted by Crippen LogP contribution is -1.94. The minimum Gasteiger partial charge on any atom is -0.497 e. The summed E-state index contributed by atoms with van der Waals surface area (Å²) in [6.07, 6.45) is 2.93. The van der Waals surface area contributed by atoms with E-state index in [9.17, 15) is 9.59 Å². The maximum absolute atomic E-state index is 12.0. The Morgan fingerprint density at radius 1 is 0.720 bits per heavy atom. The summed E-state index contributed by atoms with van der Waals surface area (Å²) in [5.41, 5.74) is 1.16. The number of carbonyl (C=O) groups excluding carboxylic acids is 2. The molecule has 0 bridgehead atoms. The van der Waals surface area contributed by atoms with Crippen LogP contribution in [-0.2, 0) is 0 Å². The molecule has 0 radical (unpaired) electrons. The maximum Gasteiger partial charge on any atom is 0.186 e. The summed E-state index contributed by atoms with van der Waals surface area (Å²) < 4.78 is 10.1. The van der Waals surface area contributed by atoms with Crippen molar-refractivity contribution in [2.24, 2.45) is 0 Å². The first kappa shape index (κ1) is 18.5. The minimum atomic E-state index is -0.106. The van der Waals surface area contributed by atoms with Gasteiger partial charge in [0.05, 0.1) is 14.2 Å². The second kappa shape index (κ2) is 9.49. The highest BCUT2D eigenvalue weighted by Crippen LogP contribution is 2.14. The van der Waals surface area contributed by atoms with Crippen LogP contribution >= 0.6 is 11.8 Å². The fraction of sp³-hybridized carbons (Fsp3) is 0.100. The highest BCUT2D eigenvalue weighted by atomic mass is 32.2. The maximum atomic E-state index is 12.0. The van der Waals surface area contributed by atoms with E-state index in [-0.39, 0.29) is 11.6 Å². The molecule has 0 unspecified atom stereocenters. The molecule has 0 saturated heterocycles. The lowest BCUT2D eigenvalue weighted by Gasteiger charge is -2.00. The third-order valence-electron chi connectivity index (χ3n) is 3.35. The lowest BCUT2D eigenvalue weighted by atomic mass is 10.1. The van der Waals surface area contributed by atoms with Gasteiger partial charge in [-0.15, -0.1) is 11.8 Å². The monoisotopic (exact) mass is 354 g/mol. The fourth-order valence-corrected chi connectivity index (χ4v) is 2.45. The number of allylic oxidation sites excluding steroid dienone is 2. The number of methoxy groups -OCH3 is 2. The van der Waals surface area contributed by atoms with Crippen molar-refractivity contribution in [2.75, 3.05) is 14.2 Å². The van der Waals surface area contributed by atoms with Crippen molar-refractivity contribution in [3.8, 4) is 11.5 Å². The van der Waals surface area contributed by atoms with Gasteiger partial charge in [-0.3, -0.25) is 9.59 Å². The van der Waals surface area contributed by atoms with Gasteiger partial charge in [0, 0.05) is 11.1 Å². The average Bonchev–Trinajstić information content (AvgIpc) is 2.67. The third kappa shape index (κ3) is 5.65. The van der Waals surface area contributed by atoms with Gasteiger partial charge in [-0.1, -0.05) is 0 Å². The number of rotatable bonds is 8. The van der Waals surface area contributed by atoms with E-state index < -0.39 is 0 Å². The number of hydrogen-bond donors (Lipinski definition) is 0. The van der Waals surface area contributed by atoms with E-state index in [1.165, 1.54) is 23.9 Å². The zero-order valence-electron chi connectivity index (χ0n) is 14.0. The Morgan fingerprint density at radius 3 is 1.40 bits per heavy atom. The molecule has 2 aromatic carbocycles. The standard InChI is InChI=1S/C20H18O4S/c1-23-17-7-3-15(4-8-17)19(21)11-13-25-14-12-20(22)16-5-9-18(24-2)10-6-16/h3-14H,1-2H3. The smallest absolute Gasteiger partial charge is 0.186 e. The lowest BCUT2D eigenvalue weighted by molar-refractivity contribution is 0.103. The quantitative estimate of drug-likeness (QED) is 0.515. The second-order valence-corrected chi connectivity index (χ2v) is 5.74. The summed E-state index contributed by atoms with van der Waals surface area (Å²) in [6, 6.07) is 13.8. The van der Waals surface area contributed by atoms with Crippen molar-refractivity contribution < 1.29 is 19.1 Å². The molecule has 0 aliphatic rings. The van der Waals surface area contributed by atoms with Gasteiger partial charge < -0.3 is 9.47 Å². The van der Waals surface area contributed by atoms with Crippen LogP contribution in [0.15, 0.2) is 71.5 Å². The predicted octanol–water partition coefficient (Wildman–Crippen LogP) is 4.53. The molecule has 0 heterocycles. The summed E-state index contributed by atoms with van der Waals surface area (Å²) in [7, 11) is 3.15. The fourth-order valence-electron chi connectivity index (χ4n) is 1.95. The number of thioether (sulfide) groups is 1. The van der Waals surface area contributed by atoms with Crippen LogP contribution in [0.25, 0.3) is 0 Å². The van der Waals surface area contributed by atoms with E-state index in [1.807, 2.05) is 0 Å². The van der Waals surface area contributed by atoms with Crippen molar-refractivity contribution in [1.82, 2.24) is 0 Å². The van der Waals surface area contributed by atoms with Crippen LogP contribution in [-0.4, -0.2) is 25.8 Å². The van der Waals surface area contributed by atoms with Crippen LogP contribution in [0.3, 0.4) is 0 Å². The molecule has 0 aliphatic carbocycles. The van der Waals surface area contributed by atoms with Crippen LogP contribution in [0.5, 0.6) is 11.5 Å². The SMILES string of the molecule is COc1ccc(C(=O)C=CSC=CC(=O)c2ccc(OC)cc2)cc1. The van der Waals surface area contributed by atoms with E-state index in [0.717, 1.165) is 0 Å². The molecule has 2 rings (SSSR count). The van der Waals surface area contributed by atoms with Gasteiger partial charge in [-0.2, -0.15) is 0 Å². The Kier molecular flexibility index (Phi) is 7.04. The minimum absolute atomic E-state index is 0.106. The molecule has 0 amide bonds. The van der Waals surface area contributed by atoms with Gasteiger partial charge >= 0.3 is 0 Å². The Hall–Kier alpha value is -2.79. The molecular weight excluding hydrogens is 336 g/mol. The zero-order valence-corrected chi connectivity index (χ0v) is 14.8. The predicted molar refractivity (Wildman–Crippen MR) is 101 cm³/mol. The number of carbonyl (C=O) groups is 2. The first-order valence-electron chi connectivity index (χ1n) is 7.49. The van der Waals surface area contributed by atoms with Crippen LogP contribution in [0.2, 0.25) is 0 Å². The van der Waals surface area contributed by atoms with Crippen LogP contribution < -0.4 is 9.47 Å². The first-order chi connectivity index (χ1) is 12.1. The second-order valence-electron chi connectivity index (χ2n) is 4.93. The highest BCUT2D eigenvalue weighted by molar-refractivity contribution is 8.04. The molecular formula is C20H18O4S. The summed E-state index contributed by atoms with van der Waals surface area (Å²) >= 11 is 1.26. The molecule has 128 valence electrons. The molecule has 0 atom stereocenters. The van der Waals surface area contributed by atoms with Gasteiger partial charge in [0.15, 0.2) is 11.6 Å². The molecule has 5 heteroatoms. The van der Waals surface area contributed by atoms with Crippen molar-refractivity contribution in [1.29, 1.82) is 0 Å². The third-order valence-corrected chi connectivity index (χ3v) is 3.93. The van der Waals surface area contributed by atoms with E-state index in [1.54, 1.807) is 73.6 Å². The van der Waals surface area contributed by atoms with Gasteiger partial charge in [-0.05, 0) is 71.5 Å². The molecule has 0 saturated carbocycles. The van der Waals surface area contributed by atoms with Crippen molar-refractivity contribution in [3.63, 3.8) is 0 Å². The Bertz CT molecular complexity index is 707.